The molecule has 0 bridgehead atoms. The number of oxime groups is 1. The van der Waals surface area contributed by atoms with E-state index in [0.717, 1.165) is 19.3 Å². The Hall–Kier alpha value is -0.770. The average molecular weight is 215 g/mol. The van der Waals surface area contributed by atoms with Crippen LogP contribution in [0.1, 0.15) is 53.4 Å². The molecule has 0 aliphatic heterocycles. The lowest BCUT2D eigenvalue weighted by molar-refractivity contribution is 0.282. The largest absolute Gasteiger partial charge is 0.409 e. The van der Waals surface area contributed by atoms with Crippen LogP contribution in [0.15, 0.2) is 5.16 Å². The number of nitrogens with zero attached hydrogens (tertiary/aromatic N) is 1. The third-order valence-electron chi connectivity index (χ3n) is 3.19. The molecule has 0 amide bonds. The minimum absolute atomic E-state index is 0.149. The highest BCUT2D eigenvalue weighted by Gasteiger charge is 2.23. The fraction of sp³-hybridized carbons (Fsp3) is 0.909. The minimum Gasteiger partial charge on any atom is -0.409 e. The predicted molar refractivity (Wildman–Crippen MR) is 64.2 cm³/mol. The van der Waals surface area contributed by atoms with Crippen LogP contribution in [0.3, 0.4) is 0 Å². The summed E-state index contributed by atoms with van der Waals surface area (Å²) in [5.41, 5.74) is 5.66. The molecule has 1 unspecified atom stereocenters. The quantitative estimate of drug-likeness (QED) is 0.263. The first-order chi connectivity index (χ1) is 7.01. The predicted octanol–water partition coefficient (Wildman–Crippen LogP) is 2.07. The van der Waals surface area contributed by atoms with Crippen LogP contribution in [0.4, 0.5) is 0 Å². The van der Waals surface area contributed by atoms with Crippen LogP contribution in [0.5, 0.6) is 0 Å². The lowest BCUT2D eigenvalue weighted by atomic mass is 9.93. The van der Waals surface area contributed by atoms with Crippen molar-refractivity contribution in [2.45, 2.75) is 65.0 Å². The van der Waals surface area contributed by atoms with Crippen molar-refractivity contribution < 1.29 is 5.21 Å². The third kappa shape index (κ3) is 5.02. The van der Waals surface area contributed by atoms with Gasteiger partial charge < -0.3 is 16.3 Å². The van der Waals surface area contributed by atoms with Gasteiger partial charge in [-0.2, -0.15) is 0 Å². The van der Waals surface area contributed by atoms with Gasteiger partial charge in [-0.1, -0.05) is 25.9 Å². The molecule has 4 heteroatoms. The van der Waals surface area contributed by atoms with E-state index in [-0.39, 0.29) is 11.6 Å². The number of amidine groups is 1. The highest BCUT2D eigenvalue weighted by molar-refractivity contribution is 5.80. The van der Waals surface area contributed by atoms with Gasteiger partial charge in [-0.15, -0.1) is 0 Å². The van der Waals surface area contributed by atoms with Crippen molar-refractivity contribution in [3.8, 4) is 0 Å². The van der Waals surface area contributed by atoms with E-state index >= 15 is 0 Å². The molecule has 0 radical (unpaired) electrons. The molecule has 0 aromatic carbocycles. The molecule has 15 heavy (non-hydrogen) atoms. The van der Waals surface area contributed by atoms with E-state index in [2.05, 4.69) is 38.2 Å². The fourth-order valence-corrected chi connectivity index (χ4v) is 1.54. The molecule has 0 aliphatic rings. The van der Waals surface area contributed by atoms with E-state index in [0.29, 0.717) is 12.3 Å². The lowest BCUT2D eigenvalue weighted by Gasteiger charge is -2.33. The summed E-state index contributed by atoms with van der Waals surface area (Å²) < 4.78 is 0. The van der Waals surface area contributed by atoms with Gasteiger partial charge in [-0.3, -0.25) is 0 Å². The second kappa shape index (κ2) is 6.67. The zero-order valence-corrected chi connectivity index (χ0v) is 10.4. The van der Waals surface area contributed by atoms with Crippen molar-refractivity contribution in [1.82, 2.24) is 5.32 Å². The monoisotopic (exact) mass is 215 g/mol. The van der Waals surface area contributed by atoms with E-state index in [1.54, 1.807) is 0 Å². The van der Waals surface area contributed by atoms with Crippen LogP contribution >= 0.6 is 0 Å². The Morgan fingerprint density at radius 1 is 1.40 bits per heavy atom. The molecule has 1 atom stereocenters. The van der Waals surface area contributed by atoms with Crippen molar-refractivity contribution in [3.05, 3.63) is 0 Å². The lowest BCUT2D eigenvalue weighted by Crippen LogP contribution is -2.48. The smallest absolute Gasteiger partial charge is 0.140 e. The van der Waals surface area contributed by atoms with Gasteiger partial charge in [0.15, 0.2) is 0 Å². The van der Waals surface area contributed by atoms with Crippen LogP contribution in [-0.4, -0.2) is 22.6 Å². The molecule has 0 heterocycles. The molecular formula is C11H25N3O. The Morgan fingerprint density at radius 2 is 1.93 bits per heavy atom. The number of hydrogen-bond acceptors (Lipinski definition) is 3. The maximum atomic E-state index is 8.53. The zero-order valence-electron chi connectivity index (χ0n) is 10.4. The van der Waals surface area contributed by atoms with Crippen molar-refractivity contribution in [2.24, 2.45) is 10.9 Å². The van der Waals surface area contributed by atoms with Gasteiger partial charge in [0, 0.05) is 18.0 Å². The Labute approximate surface area is 92.9 Å². The van der Waals surface area contributed by atoms with Gasteiger partial charge in [0.2, 0.25) is 0 Å². The Bertz CT molecular complexity index is 200. The first kappa shape index (κ1) is 14.2. The van der Waals surface area contributed by atoms with Crippen molar-refractivity contribution in [3.63, 3.8) is 0 Å². The first-order valence-electron chi connectivity index (χ1n) is 5.75. The van der Waals surface area contributed by atoms with E-state index in [1.807, 2.05) is 0 Å². The Kier molecular flexibility index (Phi) is 6.32. The summed E-state index contributed by atoms with van der Waals surface area (Å²) in [7, 11) is 0. The summed E-state index contributed by atoms with van der Waals surface area (Å²) in [6, 6.07) is 0.283. The molecule has 0 fully saturated rings. The molecule has 90 valence electrons. The summed E-state index contributed by atoms with van der Waals surface area (Å²) in [6.07, 6.45) is 3.74. The summed E-state index contributed by atoms with van der Waals surface area (Å²) in [6.45, 7) is 8.66. The van der Waals surface area contributed by atoms with Crippen molar-refractivity contribution in [2.75, 3.05) is 0 Å². The van der Waals surface area contributed by atoms with E-state index in [1.165, 1.54) is 0 Å². The molecular weight excluding hydrogens is 190 g/mol. The van der Waals surface area contributed by atoms with Gasteiger partial charge in [0.05, 0.1) is 0 Å². The summed E-state index contributed by atoms with van der Waals surface area (Å²) in [4.78, 5) is 0. The summed E-state index contributed by atoms with van der Waals surface area (Å²) in [5.74, 6) is 0.295. The summed E-state index contributed by atoms with van der Waals surface area (Å²) in [5, 5.41) is 15.1. The highest BCUT2D eigenvalue weighted by atomic mass is 16.4. The summed E-state index contributed by atoms with van der Waals surface area (Å²) >= 11 is 0. The average Bonchev–Trinajstić information content (AvgIpc) is 2.27. The first-order valence-corrected chi connectivity index (χ1v) is 5.75. The van der Waals surface area contributed by atoms with Crippen LogP contribution in [0.25, 0.3) is 0 Å². The van der Waals surface area contributed by atoms with E-state index in [4.69, 9.17) is 10.9 Å². The second-order valence-corrected chi connectivity index (χ2v) is 4.31. The third-order valence-corrected chi connectivity index (χ3v) is 3.19. The second-order valence-electron chi connectivity index (χ2n) is 4.31. The van der Waals surface area contributed by atoms with Crippen LogP contribution in [0, 0.1) is 0 Å². The van der Waals surface area contributed by atoms with Crippen molar-refractivity contribution in [1.29, 1.82) is 0 Å². The number of hydrogen-bond donors (Lipinski definition) is 3. The topological polar surface area (TPSA) is 70.6 Å². The Morgan fingerprint density at radius 3 is 2.27 bits per heavy atom. The maximum Gasteiger partial charge on any atom is 0.140 e. The fourth-order valence-electron chi connectivity index (χ4n) is 1.54. The van der Waals surface area contributed by atoms with Crippen molar-refractivity contribution >= 4 is 5.84 Å². The number of nitrogens with one attached hydrogen (secondary N) is 1. The molecule has 0 saturated heterocycles. The highest BCUT2D eigenvalue weighted by Crippen LogP contribution is 2.16. The van der Waals surface area contributed by atoms with Gasteiger partial charge in [-0.25, -0.2) is 0 Å². The van der Waals surface area contributed by atoms with E-state index in [9.17, 15) is 0 Å². The number of rotatable bonds is 7. The molecule has 0 saturated carbocycles. The molecule has 0 aliphatic carbocycles. The molecule has 0 rings (SSSR count). The standard InChI is InChI=1S/C11H25N3O/c1-5-9(8-10(12)14-15)13-11(4,6-2)7-3/h9,13,15H,5-8H2,1-4H3,(H2,12,14). The zero-order chi connectivity index (χ0) is 11.9. The van der Waals surface area contributed by atoms with Gasteiger partial charge in [0.1, 0.15) is 5.84 Å². The minimum atomic E-state index is 0.149. The maximum absolute atomic E-state index is 8.53. The molecule has 0 aromatic heterocycles. The van der Waals surface area contributed by atoms with Gasteiger partial charge in [-0.05, 0) is 26.2 Å². The Balaban J connectivity index is 4.31. The molecule has 0 spiro atoms. The normalized spacial score (nSPS) is 15.3. The van der Waals surface area contributed by atoms with Crippen LogP contribution in [0.2, 0.25) is 0 Å². The molecule has 0 aromatic rings. The molecule has 4 N–H and O–H groups in total. The van der Waals surface area contributed by atoms with Gasteiger partial charge in [0.25, 0.3) is 0 Å². The SMILES string of the molecule is CCC(CC(N)=NO)NC(C)(CC)CC. The van der Waals surface area contributed by atoms with Crippen LogP contribution in [-0.2, 0) is 0 Å². The van der Waals surface area contributed by atoms with Gasteiger partial charge >= 0.3 is 0 Å². The number of nitrogens with two attached hydrogens (primary N) is 1. The van der Waals surface area contributed by atoms with Crippen LogP contribution < -0.4 is 11.1 Å². The molecule has 4 nitrogen and oxygen atoms in total. The van der Waals surface area contributed by atoms with E-state index < -0.39 is 0 Å².